The van der Waals surface area contributed by atoms with Crippen LogP contribution in [0.15, 0.2) is 0 Å². The number of nitrogens with zero attached hydrogens (tertiary/aromatic N) is 2. The molecule has 0 radical (unpaired) electrons. The second-order valence-electron chi connectivity index (χ2n) is 4.00. The van der Waals surface area contributed by atoms with E-state index >= 15 is 0 Å². The highest BCUT2D eigenvalue weighted by molar-refractivity contribution is 4.85. The van der Waals surface area contributed by atoms with E-state index in [1.807, 2.05) is 7.05 Å². The van der Waals surface area contributed by atoms with Gasteiger partial charge in [-0.25, -0.2) is 8.78 Å². The third-order valence-electron chi connectivity index (χ3n) is 2.89. The summed E-state index contributed by atoms with van der Waals surface area (Å²) in [7, 11) is 1.95. The molecule has 0 spiro atoms. The third kappa shape index (κ3) is 2.91. The van der Waals surface area contributed by atoms with E-state index in [0.29, 0.717) is 12.8 Å². The summed E-state index contributed by atoms with van der Waals surface area (Å²) in [5, 5.41) is 8.28. The lowest BCUT2D eigenvalue weighted by atomic mass is 9.88. The smallest absolute Gasteiger partial charge is 0.252 e. The van der Waals surface area contributed by atoms with Gasteiger partial charge in [-0.15, -0.1) is 0 Å². The predicted octanol–water partition coefficient (Wildman–Crippen LogP) is 2.27. The predicted molar refractivity (Wildman–Crippen MR) is 50.0 cm³/mol. The molecule has 0 aromatic carbocycles. The van der Waals surface area contributed by atoms with Crippen molar-refractivity contribution < 1.29 is 8.78 Å². The van der Waals surface area contributed by atoms with Crippen molar-refractivity contribution in [1.29, 1.82) is 5.26 Å². The zero-order valence-corrected chi connectivity index (χ0v) is 8.47. The molecule has 1 fully saturated rings. The second-order valence-corrected chi connectivity index (χ2v) is 4.00. The van der Waals surface area contributed by atoms with Crippen molar-refractivity contribution in [2.24, 2.45) is 5.92 Å². The minimum Gasteiger partial charge on any atom is -0.306 e. The van der Waals surface area contributed by atoms with Crippen LogP contribution in [0.25, 0.3) is 0 Å². The standard InChI is InChI=1S/C10H16F2N2/c1-14-7-3-9(4-8-14)10(11,12)5-2-6-13/h9H,2-5,7-8H2,1H3. The summed E-state index contributed by atoms with van der Waals surface area (Å²) < 4.78 is 26.9. The fourth-order valence-corrected chi connectivity index (χ4v) is 1.86. The maximum atomic E-state index is 13.5. The minimum absolute atomic E-state index is 0.0423. The molecule has 0 aromatic heterocycles. The Morgan fingerprint density at radius 2 is 2.00 bits per heavy atom. The van der Waals surface area contributed by atoms with Gasteiger partial charge in [-0.05, 0) is 33.0 Å². The summed E-state index contributed by atoms with van der Waals surface area (Å²) in [6.07, 6.45) is 0.779. The maximum Gasteiger partial charge on any atom is 0.252 e. The van der Waals surface area contributed by atoms with E-state index in [1.165, 1.54) is 0 Å². The molecule has 1 aliphatic heterocycles. The van der Waals surface area contributed by atoms with Crippen LogP contribution in [0.4, 0.5) is 8.78 Å². The highest BCUT2D eigenvalue weighted by Gasteiger charge is 2.39. The SMILES string of the molecule is CN1CCC(C(F)(F)CCC#N)CC1. The Bertz CT molecular complexity index is 215. The second kappa shape index (κ2) is 4.70. The zero-order valence-electron chi connectivity index (χ0n) is 8.47. The van der Waals surface area contributed by atoms with Crippen LogP contribution in [0, 0.1) is 17.2 Å². The largest absolute Gasteiger partial charge is 0.306 e. The van der Waals surface area contributed by atoms with Gasteiger partial charge in [-0.2, -0.15) is 5.26 Å². The van der Waals surface area contributed by atoms with Gasteiger partial charge in [0.1, 0.15) is 0 Å². The highest BCUT2D eigenvalue weighted by Crippen LogP contribution is 2.36. The molecule has 0 saturated carbocycles. The number of hydrogen-bond donors (Lipinski definition) is 0. The van der Waals surface area contributed by atoms with Gasteiger partial charge in [-0.3, -0.25) is 0 Å². The molecule has 0 aliphatic carbocycles. The molecular weight excluding hydrogens is 186 g/mol. The lowest BCUT2D eigenvalue weighted by Gasteiger charge is -2.33. The molecule has 0 N–H and O–H groups in total. The topological polar surface area (TPSA) is 27.0 Å². The highest BCUT2D eigenvalue weighted by atomic mass is 19.3. The van der Waals surface area contributed by atoms with Crippen LogP contribution in [0.3, 0.4) is 0 Å². The number of hydrogen-bond acceptors (Lipinski definition) is 2. The molecule has 1 rings (SSSR count). The first-order valence-electron chi connectivity index (χ1n) is 4.99. The molecule has 0 aromatic rings. The van der Waals surface area contributed by atoms with Crippen molar-refractivity contribution >= 4 is 0 Å². The van der Waals surface area contributed by atoms with Gasteiger partial charge in [0, 0.05) is 18.8 Å². The number of alkyl halides is 2. The molecule has 1 heterocycles. The number of nitriles is 1. The maximum absolute atomic E-state index is 13.5. The van der Waals surface area contributed by atoms with E-state index in [1.54, 1.807) is 6.07 Å². The molecule has 4 heteroatoms. The van der Waals surface area contributed by atoms with Crippen LogP contribution in [0.2, 0.25) is 0 Å². The van der Waals surface area contributed by atoms with Gasteiger partial charge in [-0.1, -0.05) is 0 Å². The molecular formula is C10H16F2N2. The average Bonchev–Trinajstić information content (AvgIpc) is 2.16. The van der Waals surface area contributed by atoms with Gasteiger partial charge >= 0.3 is 0 Å². The molecule has 2 nitrogen and oxygen atoms in total. The lowest BCUT2D eigenvalue weighted by molar-refractivity contribution is -0.0819. The van der Waals surface area contributed by atoms with Gasteiger partial charge in [0.2, 0.25) is 0 Å². The van der Waals surface area contributed by atoms with Crippen LogP contribution in [0.1, 0.15) is 25.7 Å². The van der Waals surface area contributed by atoms with Gasteiger partial charge < -0.3 is 4.90 Å². The molecule has 14 heavy (non-hydrogen) atoms. The minimum atomic E-state index is -2.64. The van der Waals surface area contributed by atoms with E-state index in [9.17, 15) is 8.78 Å². The van der Waals surface area contributed by atoms with Crippen molar-refractivity contribution in [3.05, 3.63) is 0 Å². The Morgan fingerprint density at radius 1 is 1.43 bits per heavy atom. The van der Waals surface area contributed by atoms with Crippen LogP contribution in [-0.4, -0.2) is 31.0 Å². The first-order chi connectivity index (χ1) is 6.56. The molecule has 0 amide bonds. The Balaban J connectivity index is 2.43. The Kier molecular flexibility index (Phi) is 3.82. The van der Waals surface area contributed by atoms with Crippen molar-refractivity contribution in [2.75, 3.05) is 20.1 Å². The van der Waals surface area contributed by atoms with Gasteiger partial charge in [0.25, 0.3) is 5.92 Å². The van der Waals surface area contributed by atoms with Crippen molar-refractivity contribution in [1.82, 2.24) is 4.90 Å². The summed E-state index contributed by atoms with van der Waals surface area (Å²) in [5.41, 5.74) is 0. The fraction of sp³-hybridized carbons (Fsp3) is 0.900. The molecule has 80 valence electrons. The number of likely N-dealkylation sites (tertiary alicyclic amines) is 1. The summed E-state index contributed by atoms with van der Waals surface area (Å²) in [6, 6.07) is 1.78. The normalized spacial score (nSPS) is 20.7. The third-order valence-corrected chi connectivity index (χ3v) is 2.89. The van der Waals surface area contributed by atoms with Crippen molar-refractivity contribution in [2.45, 2.75) is 31.6 Å². The Morgan fingerprint density at radius 3 is 2.50 bits per heavy atom. The van der Waals surface area contributed by atoms with Gasteiger partial charge in [0.15, 0.2) is 0 Å². The number of rotatable bonds is 3. The quantitative estimate of drug-likeness (QED) is 0.702. The first-order valence-corrected chi connectivity index (χ1v) is 4.99. The zero-order chi connectivity index (χ0) is 10.6. The Labute approximate surface area is 83.5 Å². The van der Waals surface area contributed by atoms with E-state index < -0.39 is 11.8 Å². The summed E-state index contributed by atoms with van der Waals surface area (Å²) in [6.45, 7) is 1.49. The first kappa shape index (κ1) is 11.4. The van der Waals surface area contributed by atoms with E-state index in [4.69, 9.17) is 5.26 Å². The molecule has 1 aliphatic rings. The van der Waals surface area contributed by atoms with Crippen molar-refractivity contribution in [3.8, 4) is 6.07 Å². The van der Waals surface area contributed by atoms with E-state index in [2.05, 4.69) is 4.90 Å². The van der Waals surface area contributed by atoms with E-state index in [0.717, 1.165) is 13.1 Å². The van der Waals surface area contributed by atoms with Crippen LogP contribution >= 0.6 is 0 Å². The molecule has 0 unspecified atom stereocenters. The monoisotopic (exact) mass is 202 g/mol. The Hall–Kier alpha value is -0.690. The van der Waals surface area contributed by atoms with Crippen LogP contribution in [0.5, 0.6) is 0 Å². The lowest BCUT2D eigenvalue weighted by Crippen LogP contribution is -2.38. The summed E-state index contributed by atoms with van der Waals surface area (Å²) in [5.74, 6) is -3.16. The summed E-state index contributed by atoms with van der Waals surface area (Å²) >= 11 is 0. The molecule has 1 saturated heterocycles. The van der Waals surface area contributed by atoms with Gasteiger partial charge in [0.05, 0.1) is 6.07 Å². The van der Waals surface area contributed by atoms with E-state index in [-0.39, 0.29) is 12.8 Å². The van der Waals surface area contributed by atoms with Crippen LogP contribution in [-0.2, 0) is 0 Å². The van der Waals surface area contributed by atoms with Crippen LogP contribution < -0.4 is 0 Å². The fourth-order valence-electron chi connectivity index (χ4n) is 1.86. The van der Waals surface area contributed by atoms with Crippen molar-refractivity contribution in [3.63, 3.8) is 0 Å². The summed E-state index contributed by atoms with van der Waals surface area (Å²) in [4.78, 5) is 2.07. The number of piperidine rings is 1. The number of halogens is 2. The molecule has 0 atom stereocenters. The average molecular weight is 202 g/mol. The molecule has 0 bridgehead atoms.